The van der Waals surface area contributed by atoms with Crippen molar-refractivity contribution in [3.8, 4) is 0 Å². The first-order chi connectivity index (χ1) is 10.5. The van der Waals surface area contributed by atoms with Gasteiger partial charge in [-0.25, -0.2) is 4.39 Å². The first kappa shape index (κ1) is 15.0. The Morgan fingerprint density at radius 3 is 2.64 bits per heavy atom. The Morgan fingerprint density at radius 1 is 1.14 bits per heavy atom. The van der Waals surface area contributed by atoms with E-state index in [2.05, 4.69) is 0 Å². The smallest absolute Gasteiger partial charge is 0.259 e. The fraction of sp³-hybridized carbons (Fsp3) is 0.125. The number of hydrogen-bond acceptors (Lipinski definition) is 2. The molecule has 22 heavy (non-hydrogen) atoms. The summed E-state index contributed by atoms with van der Waals surface area (Å²) >= 11 is 11.9. The number of benzene rings is 2. The molecule has 1 amide bonds. The van der Waals surface area contributed by atoms with Crippen LogP contribution in [-0.2, 0) is 0 Å². The van der Waals surface area contributed by atoms with Crippen LogP contribution in [0, 0.1) is 5.82 Å². The summed E-state index contributed by atoms with van der Waals surface area (Å²) in [6, 6.07) is 8.34. The first-order valence-corrected chi connectivity index (χ1v) is 7.32. The number of carbonyl (C=O) groups is 2. The van der Waals surface area contributed by atoms with Crippen molar-refractivity contribution in [3.05, 3.63) is 63.4 Å². The summed E-state index contributed by atoms with van der Waals surface area (Å²) in [7, 11) is 0. The number of Topliss-reactive ketones (excluding diaryl/α,β-unsaturated/α-hetero) is 1. The molecule has 112 valence electrons. The topological polar surface area (TPSA) is 37.4 Å². The number of amides is 1. The van der Waals surface area contributed by atoms with Gasteiger partial charge >= 0.3 is 0 Å². The number of halogens is 3. The highest BCUT2D eigenvalue weighted by atomic mass is 35.5. The summed E-state index contributed by atoms with van der Waals surface area (Å²) in [5.41, 5.74) is 0.869. The third kappa shape index (κ3) is 2.60. The van der Waals surface area contributed by atoms with Gasteiger partial charge in [-0.3, -0.25) is 9.59 Å². The molecule has 1 aliphatic heterocycles. The minimum atomic E-state index is -0.506. The molecule has 2 aromatic rings. The summed E-state index contributed by atoms with van der Waals surface area (Å²) in [6.07, 6.45) is 0.190. The van der Waals surface area contributed by atoms with Crippen LogP contribution < -0.4 is 4.90 Å². The average molecular weight is 338 g/mol. The molecular weight excluding hydrogens is 328 g/mol. The maximum Gasteiger partial charge on any atom is 0.259 e. The summed E-state index contributed by atoms with van der Waals surface area (Å²) in [6.45, 7) is 0.188. The molecule has 0 aliphatic carbocycles. The molecule has 0 saturated carbocycles. The van der Waals surface area contributed by atoms with E-state index in [0.717, 1.165) is 0 Å². The molecule has 0 saturated heterocycles. The van der Waals surface area contributed by atoms with Gasteiger partial charge in [-0.2, -0.15) is 0 Å². The van der Waals surface area contributed by atoms with E-state index in [0.29, 0.717) is 10.6 Å². The molecule has 0 unspecified atom stereocenters. The van der Waals surface area contributed by atoms with Crippen LogP contribution in [0.25, 0.3) is 0 Å². The molecule has 6 heteroatoms. The van der Waals surface area contributed by atoms with Crippen molar-refractivity contribution < 1.29 is 14.0 Å². The molecule has 0 fully saturated rings. The summed E-state index contributed by atoms with van der Waals surface area (Å²) in [5, 5.41) is 0.633. The zero-order chi connectivity index (χ0) is 15.9. The summed E-state index contributed by atoms with van der Waals surface area (Å²) in [4.78, 5) is 26.0. The average Bonchev–Trinajstić information content (AvgIpc) is 2.47. The van der Waals surface area contributed by atoms with Gasteiger partial charge in [0.2, 0.25) is 0 Å². The predicted octanol–water partition coefficient (Wildman–Crippen LogP) is 4.37. The van der Waals surface area contributed by atoms with Crippen molar-refractivity contribution in [1.82, 2.24) is 0 Å². The van der Waals surface area contributed by atoms with E-state index >= 15 is 0 Å². The number of fused-ring (bicyclic) bond motifs is 1. The Hall–Kier alpha value is -1.91. The van der Waals surface area contributed by atoms with Gasteiger partial charge in [0.15, 0.2) is 5.78 Å². The van der Waals surface area contributed by atoms with Crippen molar-refractivity contribution in [2.24, 2.45) is 0 Å². The van der Waals surface area contributed by atoms with Gasteiger partial charge in [0.25, 0.3) is 5.91 Å². The molecule has 3 nitrogen and oxygen atoms in total. The highest BCUT2D eigenvalue weighted by molar-refractivity contribution is 6.37. The third-order valence-corrected chi connectivity index (χ3v) is 4.07. The molecule has 0 N–H and O–H groups in total. The quantitative estimate of drug-likeness (QED) is 0.774. The SMILES string of the molecule is O=C1CCN(C(=O)c2ccc(Cl)cc2Cl)c2cc(F)ccc21. The molecule has 0 atom stereocenters. The third-order valence-electron chi connectivity index (χ3n) is 3.52. The van der Waals surface area contributed by atoms with E-state index in [4.69, 9.17) is 23.2 Å². The van der Waals surface area contributed by atoms with Gasteiger partial charge in [0.05, 0.1) is 16.3 Å². The minimum Gasteiger partial charge on any atom is -0.307 e. The van der Waals surface area contributed by atoms with Crippen molar-refractivity contribution in [3.63, 3.8) is 0 Å². The molecule has 2 aromatic carbocycles. The van der Waals surface area contributed by atoms with E-state index in [1.807, 2.05) is 0 Å². The van der Waals surface area contributed by atoms with Crippen LogP contribution in [-0.4, -0.2) is 18.2 Å². The van der Waals surface area contributed by atoms with Gasteiger partial charge in [-0.1, -0.05) is 23.2 Å². The van der Waals surface area contributed by atoms with Gasteiger partial charge < -0.3 is 4.90 Å². The van der Waals surface area contributed by atoms with E-state index in [9.17, 15) is 14.0 Å². The lowest BCUT2D eigenvalue weighted by atomic mass is 9.99. The molecule has 0 aromatic heterocycles. The molecule has 1 aliphatic rings. The molecule has 0 bridgehead atoms. The monoisotopic (exact) mass is 337 g/mol. The number of anilines is 1. The second-order valence-corrected chi connectivity index (χ2v) is 5.76. The Kier molecular flexibility index (Phi) is 3.89. The van der Waals surface area contributed by atoms with E-state index in [-0.39, 0.29) is 40.9 Å². The van der Waals surface area contributed by atoms with E-state index in [1.165, 1.54) is 35.2 Å². The van der Waals surface area contributed by atoms with E-state index in [1.54, 1.807) is 6.07 Å². The second kappa shape index (κ2) is 5.71. The number of ketones is 1. The number of carbonyl (C=O) groups excluding carboxylic acids is 2. The van der Waals surface area contributed by atoms with Crippen molar-refractivity contribution in [1.29, 1.82) is 0 Å². The zero-order valence-corrected chi connectivity index (χ0v) is 12.8. The number of rotatable bonds is 1. The maximum absolute atomic E-state index is 13.5. The first-order valence-electron chi connectivity index (χ1n) is 6.57. The maximum atomic E-state index is 13.5. The van der Waals surface area contributed by atoms with Gasteiger partial charge in [0, 0.05) is 23.6 Å². The van der Waals surface area contributed by atoms with Crippen LogP contribution in [0.5, 0.6) is 0 Å². The second-order valence-electron chi connectivity index (χ2n) is 4.92. The Balaban J connectivity index is 2.06. The molecule has 0 spiro atoms. The molecule has 1 heterocycles. The highest BCUT2D eigenvalue weighted by Crippen LogP contribution is 2.31. The van der Waals surface area contributed by atoms with Gasteiger partial charge in [0.1, 0.15) is 5.82 Å². The van der Waals surface area contributed by atoms with Crippen molar-refractivity contribution in [2.45, 2.75) is 6.42 Å². The van der Waals surface area contributed by atoms with Crippen LogP contribution in [0.2, 0.25) is 10.0 Å². The van der Waals surface area contributed by atoms with Crippen LogP contribution in [0.4, 0.5) is 10.1 Å². The lowest BCUT2D eigenvalue weighted by Gasteiger charge is -2.29. The lowest BCUT2D eigenvalue weighted by molar-refractivity contribution is 0.0955. The predicted molar refractivity (Wildman–Crippen MR) is 83.5 cm³/mol. The normalized spacial score (nSPS) is 14.0. The standard InChI is InChI=1S/C16H10Cl2FNO2/c17-9-1-3-11(13(18)7-9)16(22)20-6-5-15(21)12-4-2-10(19)8-14(12)20/h1-4,7-8H,5-6H2. The van der Waals surface area contributed by atoms with Crippen LogP contribution in [0.15, 0.2) is 36.4 Å². The summed E-state index contributed by atoms with van der Waals surface area (Å²) in [5.74, 6) is -1.00. The molecular formula is C16H10Cl2FNO2. The van der Waals surface area contributed by atoms with Crippen molar-refractivity contribution >= 4 is 40.6 Å². The largest absolute Gasteiger partial charge is 0.307 e. The lowest BCUT2D eigenvalue weighted by Crippen LogP contribution is -2.37. The zero-order valence-electron chi connectivity index (χ0n) is 11.3. The van der Waals surface area contributed by atoms with Crippen LogP contribution in [0.3, 0.4) is 0 Å². The van der Waals surface area contributed by atoms with Crippen molar-refractivity contribution in [2.75, 3.05) is 11.4 Å². The van der Waals surface area contributed by atoms with Gasteiger partial charge in [-0.05, 0) is 36.4 Å². The molecule has 0 radical (unpaired) electrons. The Morgan fingerprint density at radius 2 is 1.91 bits per heavy atom. The number of nitrogens with zero attached hydrogens (tertiary/aromatic N) is 1. The van der Waals surface area contributed by atoms with Gasteiger partial charge in [-0.15, -0.1) is 0 Å². The highest BCUT2D eigenvalue weighted by Gasteiger charge is 2.29. The van der Waals surface area contributed by atoms with Crippen LogP contribution >= 0.6 is 23.2 Å². The Labute approximate surface area is 136 Å². The summed E-state index contributed by atoms with van der Waals surface area (Å²) < 4.78 is 13.5. The molecule has 3 rings (SSSR count). The van der Waals surface area contributed by atoms with Crippen LogP contribution in [0.1, 0.15) is 27.1 Å². The Bertz CT molecular complexity index is 792. The number of hydrogen-bond donors (Lipinski definition) is 0. The van der Waals surface area contributed by atoms with E-state index < -0.39 is 5.82 Å². The fourth-order valence-electron chi connectivity index (χ4n) is 2.45. The fourth-order valence-corrected chi connectivity index (χ4v) is 2.94. The minimum absolute atomic E-state index is 0.110.